The van der Waals surface area contributed by atoms with Gasteiger partial charge in [0.2, 0.25) is 0 Å². The van der Waals surface area contributed by atoms with Gasteiger partial charge in [0.25, 0.3) is 0 Å². The molecule has 4 heteroatoms. The molecule has 0 radical (unpaired) electrons. The summed E-state index contributed by atoms with van der Waals surface area (Å²) in [6.07, 6.45) is 2.89. The van der Waals surface area contributed by atoms with E-state index in [1.54, 1.807) is 7.11 Å². The summed E-state index contributed by atoms with van der Waals surface area (Å²) in [5.41, 5.74) is 1.11. The molecule has 1 atom stereocenters. The van der Waals surface area contributed by atoms with Crippen molar-refractivity contribution >= 4 is 15.9 Å². The lowest BCUT2D eigenvalue weighted by Gasteiger charge is -2.13. The largest absolute Gasteiger partial charge is 0.378 e. The number of ether oxygens (including phenoxy) is 1. The predicted molar refractivity (Wildman–Crippen MR) is 55.6 cm³/mol. The maximum absolute atomic E-state index is 5.11. The van der Waals surface area contributed by atoms with Gasteiger partial charge in [-0.3, -0.25) is 4.68 Å². The van der Waals surface area contributed by atoms with E-state index in [4.69, 9.17) is 4.74 Å². The van der Waals surface area contributed by atoms with Crippen molar-refractivity contribution in [2.45, 2.75) is 32.9 Å². The smallest absolute Gasteiger partial charge is 0.0892 e. The zero-order chi connectivity index (χ0) is 9.84. The summed E-state index contributed by atoms with van der Waals surface area (Å²) in [6.45, 7) is 4.90. The second-order valence-corrected chi connectivity index (χ2v) is 3.93. The Hall–Kier alpha value is -0.350. The van der Waals surface area contributed by atoms with Crippen molar-refractivity contribution in [1.82, 2.24) is 9.78 Å². The Bertz CT molecular complexity index is 273. The molecule has 74 valence electrons. The van der Waals surface area contributed by atoms with E-state index >= 15 is 0 Å². The van der Waals surface area contributed by atoms with Crippen molar-refractivity contribution in [3.05, 3.63) is 16.4 Å². The van der Waals surface area contributed by atoms with Gasteiger partial charge in [-0.15, -0.1) is 0 Å². The highest BCUT2D eigenvalue weighted by Gasteiger charge is 2.11. The molecule has 0 aliphatic rings. The number of hydrogen-bond donors (Lipinski definition) is 0. The van der Waals surface area contributed by atoms with Crippen LogP contribution in [-0.2, 0) is 11.3 Å². The van der Waals surface area contributed by atoms with Gasteiger partial charge >= 0.3 is 0 Å². The van der Waals surface area contributed by atoms with E-state index in [1.807, 2.05) is 10.9 Å². The van der Waals surface area contributed by atoms with E-state index < -0.39 is 0 Å². The fourth-order valence-corrected chi connectivity index (χ4v) is 1.58. The fourth-order valence-electron chi connectivity index (χ4n) is 1.19. The lowest BCUT2D eigenvalue weighted by molar-refractivity contribution is 0.173. The number of halogens is 1. The monoisotopic (exact) mass is 246 g/mol. The molecular formula is C9H15BrN2O. The first-order chi connectivity index (χ1) is 6.20. The van der Waals surface area contributed by atoms with Crippen LogP contribution in [0, 0.1) is 0 Å². The third-order valence-corrected chi connectivity index (χ3v) is 2.80. The van der Waals surface area contributed by atoms with Crippen LogP contribution in [0.1, 0.15) is 32.0 Å². The minimum atomic E-state index is 0.427. The van der Waals surface area contributed by atoms with Crippen molar-refractivity contribution in [3.63, 3.8) is 0 Å². The minimum absolute atomic E-state index is 0.427. The van der Waals surface area contributed by atoms with Crippen LogP contribution in [0.5, 0.6) is 0 Å². The van der Waals surface area contributed by atoms with Gasteiger partial charge in [0.1, 0.15) is 0 Å². The number of methoxy groups -OCH3 is 1. The van der Waals surface area contributed by atoms with Crippen LogP contribution in [0.15, 0.2) is 10.7 Å². The molecule has 0 fully saturated rings. The summed E-state index contributed by atoms with van der Waals surface area (Å²) in [4.78, 5) is 0. The zero-order valence-corrected chi connectivity index (χ0v) is 9.84. The van der Waals surface area contributed by atoms with Crippen molar-refractivity contribution in [2.24, 2.45) is 0 Å². The van der Waals surface area contributed by atoms with Crippen molar-refractivity contribution in [2.75, 3.05) is 7.11 Å². The molecule has 13 heavy (non-hydrogen) atoms. The van der Waals surface area contributed by atoms with Gasteiger partial charge in [-0.05, 0) is 29.3 Å². The molecule has 0 unspecified atom stereocenters. The highest BCUT2D eigenvalue weighted by Crippen LogP contribution is 2.21. The zero-order valence-electron chi connectivity index (χ0n) is 8.25. The summed E-state index contributed by atoms with van der Waals surface area (Å²) >= 11 is 3.45. The third kappa shape index (κ3) is 2.31. The normalized spacial score (nSPS) is 13.2. The molecule has 0 amide bonds. The van der Waals surface area contributed by atoms with Crippen molar-refractivity contribution in [1.29, 1.82) is 0 Å². The molecule has 1 rings (SSSR count). The second-order valence-electron chi connectivity index (χ2n) is 3.07. The van der Waals surface area contributed by atoms with Gasteiger partial charge in [-0.1, -0.05) is 6.92 Å². The molecule has 1 heterocycles. The molecular weight excluding hydrogens is 232 g/mol. The SMILES string of the molecule is CC[C@@H](C)n1ncc(Br)c1COC. The summed E-state index contributed by atoms with van der Waals surface area (Å²) in [5.74, 6) is 0. The van der Waals surface area contributed by atoms with Gasteiger partial charge in [0.15, 0.2) is 0 Å². The molecule has 1 aromatic heterocycles. The maximum atomic E-state index is 5.11. The molecule has 0 saturated heterocycles. The van der Waals surface area contributed by atoms with Crippen LogP contribution in [0.4, 0.5) is 0 Å². The van der Waals surface area contributed by atoms with Gasteiger partial charge in [-0.2, -0.15) is 5.10 Å². The number of rotatable bonds is 4. The Morgan fingerprint density at radius 2 is 2.38 bits per heavy atom. The summed E-state index contributed by atoms with van der Waals surface area (Å²) in [6, 6.07) is 0.427. The van der Waals surface area contributed by atoms with E-state index in [0.717, 1.165) is 16.6 Å². The van der Waals surface area contributed by atoms with Crippen LogP contribution in [0.3, 0.4) is 0 Å². The van der Waals surface area contributed by atoms with Crippen LogP contribution in [0.25, 0.3) is 0 Å². The number of nitrogens with zero attached hydrogens (tertiary/aromatic N) is 2. The molecule has 3 nitrogen and oxygen atoms in total. The van der Waals surface area contributed by atoms with Gasteiger partial charge in [-0.25, -0.2) is 0 Å². The number of hydrogen-bond acceptors (Lipinski definition) is 2. The Balaban J connectivity index is 2.92. The molecule has 0 saturated carbocycles. The highest BCUT2D eigenvalue weighted by molar-refractivity contribution is 9.10. The summed E-state index contributed by atoms with van der Waals surface area (Å²) < 4.78 is 8.14. The maximum Gasteiger partial charge on any atom is 0.0892 e. The lowest BCUT2D eigenvalue weighted by atomic mass is 10.2. The van der Waals surface area contributed by atoms with Crippen molar-refractivity contribution < 1.29 is 4.74 Å². The first kappa shape index (κ1) is 10.7. The Morgan fingerprint density at radius 1 is 1.69 bits per heavy atom. The van der Waals surface area contributed by atoms with Crippen LogP contribution >= 0.6 is 15.9 Å². The van der Waals surface area contributed by atoms with Gasteiger partial charge < -0.3 is 4.74 Å². The second kappa shape index (κ2) is 4.77. The molecule has 0 aliphatic carbocycles. The Labute approximate surface area is 87.2 Å². The standard InChI is InChI=1S/C9H15BrN2O/c1-4-7(2)12-9(6-13-3)8(10)5-11-12/h5,7H,4,6H2,1-3H3/t7-/m1/s1. The van der Waals surface area contributed by atoms with Crippen molar-refractivity contribution in [3.8, 4) is 0 Å². The average Bonchev–Trinajstić information content (AvgIpc) is 2.48. The Morgan fingerprint density at radius 3 is 2.92 bits per heavy atom. The topological polar surface area (TPSA) is 27.1 Å². The average molecular weight is 247 g/mol. The van der Waals surface area contributed by atoms with Crippen LogP contribution in [-0.4, -0.2) is 16.9 Å². The quantitative estimate of drug-likeness (QED) is 0.817. The van der Waals surface area contributed by atoms with Gasteiger partial charge in [0, 0.05) is 13.2 Å². The fraction of sp³-hybridized carbons (Fsp3) is 0.667. The first-order valence-corrected chi connectivity index (χ1v) is 5.20. The van der Waals surface area contributed by atoms with E-state index in [-0.39, 0.29) is 0 Å². The summed E-state index contributed by atoms with van der Waals surface area (Å²) in [5, 5.41) is 4.29. The molecule has 0 aliphatic heterocycles. The summed E-state index contributed by atoms with van der Waals surface area (Å²) in [7, 11) is 1.69. The third-order valence-electron chi connectivity index (χ3n) is 2.14. The van der Waals surface area contributed by atoms with E-state index in [2.05, 4.69) is 34.9 Å². The minimum Gasteiger partial charge on any atom is -0.378 e. The number of aromatic nitrogens is 2. The molecule has 0 bridgehead atoms. The lowest BCUT2D eigenvalue weighted by Crippen LogP contribution is -2.10. The van der Waals surface area contributed by atoms with Crippen LogP contribution < -0.4 is 0 Å². The predicted octanol–water partition coefficient (Wildman–Crippen LogP) is 2.76. The first-order valence-electron chi connectivity index (χ1n) is 4.41. The Kier molecular flexibility index (Phi) is 3.93. The molecule has 0 aromatic carbocycles. The highest BCUT2D eigenvalue weighted by atomic mass is 79.9. The molecule has 0 spiro atoms. The van der Waals surface area contributed by atoms with E-state index in [0.29, 0.717) is 12.6 Å². The molecule has 1 aromatic rings. The van der Waals surface area contributed by atoms with E-state index in [1.165, 1.54) is 0 Å². The van der Waals surface area contributed by atoms with Crippen LogP contribution in [0.2, 0.25) is 0 Å². The van der Waals surface area contributed by atoms with Gasteiger partial charge in [0.05, 0.1) is 23.0 Å². The van der Waals surface area contributed by atoms with E-state index in [9.17, 15) is 0 Å². The molecule has 0 N–H and O–H groups in total.